The molecule has 1 aliphatic heterocycles. The van der Waals surface area contributed by atoms with Crippen molar-refractivity contribution in [2.75, 3.05) is 32.7 Å². The number of nitrogens with one attached hydrogen (secondary N) is 2. The Bertz CT molecular complexity index is 318. The highest BCUT2D eigenvalue weighted by atomic mass is 16.3. The highest BCUT2D eigenvalue weighted by Crippen LogP contribution is 2.20. The van der Waals surface area contributed by atoms with Gasteiger partial charge in [-0.3, -0.25) is 14.5 Å². The number of hydrogen-bond acceptors (Lipinski definition) is 4. The van der Waals surface area contributed by atoms with E-state index in [1.54, 1.807) is 0 Å². The molecule has 1 atom stereocenters. The van der Waals surface area contributed by atoms with Crippen LogP contribution < -0.4 is 10.6 Å². The van der Waals surface area contributed by atoms with E-state index >= 15 is 0 Å². The summed E-state index contributed by atoms with van der Waals surface area (Å²) in [5.41, 5.74) is -0.601. The molecular formula is C13H25N3O3. The molecule has 3 N–H and O–H groups in total. The molecule has 0 saturated carbocycles. The van der Waals surface area contributed by atoms with Crippen LogP contribution in [0.15, 0.2) is 0 Å². The van der Waals surface area contributed by atoms with Gasteiger partial charge >= 0.3 is 0 Å². The SMILES string of the molecule is CC(=O)NCCNC(=O)CN1CCCC(C)(O)CC1. The number of nitrogens with zero attached hydrogens (tertiary/aromatic N) is 1. The zero-order valence-corrected chi connectivity index (χ0v) is 11.9. The van der Waals surface area contributed by atoms with Crippen LogP contribution in [-0.2, 0) is 9.59 Å². The molecule has 110 valence electrons. The molecule has 1 fully saturated rings. The smallest absolute Gasteiger partial charge is 0.234 e. The summed E-state index contributed by atoms with van der Waals surface area (Å²) in [7, 11) is 0. The molecule has 6 nitrogen and oxygen atoms in total. The number of carbonyl (C=O) groups is 2. The molecule has 6 heteroatoms. The van der Waals surface area contributed by atoms with Crippen LogP contribution >= 0.6 is 0 Å². The lowest BCUT2D eigenvalue weighted by Crippen LogP contribution is -2.41. The normalized spacial score (nSPS) is 24.6. The van der Waals surface area contributed by atoms with Gasteiger partial charge in [0.15, 0.2) is 0 Å². The van der Waals surface area contributed by atoms with E-state index in [4.69, 9.17) is 0 Å². The van der Waals surface area contributed by atoms with Crippen LogP contribution in [0, 0.1) is 0 Å². The molecular weight excluding hydrogens is 246 g/mol. The Kier molecular flexibility index (Phi) is 6.24. The zero-order valence-electron chi connectivity index (χ0n) is 11.9. The average molecular weight is 271 g/mol. The molecule has 0 aromatic heterocycles. The summed E-state index contributed by atoms with van der Waals surface area (Å²) in [5, 5.41) is 15.4. The van der Waals surface area contributed by atoms with Crippen molar-refractivity contribution in [2.45, 2.75) is 38.7 Å². The van der Waals surface area contributed by atoms with Gasteiger partial charge in [0.05, 0.1) is 12.1 Å². The largest absolute Gasteiger partial charge is 0.390 e. The van der Waals surface area contributed by atoms with Crippen molar-refractivity contribution >= 4 is 11.8 Å². The molecule has 2 amide bonds. The van der Waals surface area contributed by atoms with E-state index in [0.717, 1.165) is 25.9 Å². The summed E-state index contributed by atoms with van der Waals surface area (Å²) >= 11 is 0. The summed E-state index contributed by atoms with van der Waals surface area (Å²) in [5.74, 6) is -0.129. The van der Waals surface area contributed by atoms with E-state index in [0.29, 0.717) is 26.1 Å². The van der Waals surface area contributed by atoms with Gasteiger partial charge in [-0.15, -0.1) is 0 Å². The van der Waals surface area contributed by atoms with Gasteiger partial charge in [0.2, 0.25) is 11.8 Å². The molecule has 0 aliphatic carbocycles. The Morgan fingerprint density at radius 2 is 1.89 bits per heavy atom. The van der Waals surface area contributed by atoms with E-state index in [1.807, 2.05) is 6.92 Å². The summed E-state index contributed by atoms with van der Waals surface area (Å²) in [6.45, 7) is 6.15. The van der Waals surface area contributed by atoms with Gasteiger partial charge in [-0.2, -0.15) is 0 Å². The van der Waals surface area contributed by atoms with Crippen molar-refractivity contribution in [1.82, 2.24) is 15.5 Å². The molecule has 1 saturated heterocycles. The maximum Gasteiger partial charge on any atom is 0.234 e. The Balaban J connectivity index is 2.19. The zero-order chi connectivity index (χ0) is 14.3. The highest BCUT2D eigenvalue weighted by molar-refractivity contribution is 5.78. The fourth-order valence-corrected chi connectivity index (χ4v) is 2.18. The number of rotatable bonds is 5. The fraction of sp³-hybridized carbons (Fsp3) is 0.846. The van der Waals surface area contributed by atoms with Gasteiger partial charge in [-0.25, -0.2) is 0 Å². The minimum absolute atomic E-state index is 0.0353. The summed E-state index contributed by atoms with van der Waals surface area (Å²) in [6.07, 6.45) is 2.39. The Morgan fingerprint density at radius 3 is 2.58 bits per heavy atom. The van der Waals surface area contributed by atoms with Gasteiger partial charge in [0, 0.05) is 26.6 Å². The minimum atomic E-state index is -0.601. The van der Waals surface area contributed by atoms with E-state index in [1.165, 1.54) is 6.92 Å². The van der Waals surface area contributed by atoms with Crippen molar-refractivity contribution in [3.63, 3.8) is 0 Å². The molecule has 0 aromatic carbocycles. The Labute approximate surface area is 114 Å². The number of aliphatic hydroxyl groups is 1. The first-order chi connectivity index (χ1) is 8.89. The first kappa shape index (κ1) is 15.9. The van der Waals surface area contributed by atoms with E-state index in [2.05, 4.69) is 15.5 Å². The minimum Gasteiger partial charge on any atom is -0.390 e. The molecule has 1 unspecified atom stereocenters. The van der Waals surface area contributed by atoms with Crippen LogP contribution in [0.2, 0.25) is 0 Å². The van der Waals surface area contributed by atoms with Gasteiger partial charge in [0.1, 0.15) is 0 Å². The van der Waals surface area contributed by atoms with Gasteiger partial charge in [-0.1, -0.05) is 0 Å². The third-order valence-corrected chi connectivity index (χ3v) is 3.34. The van der Waals surface area contributed by atoms with E-state index in [-0.39, 0.29) is 11.8 Å². The highest BCUT2D eigenvalue weighted by Gasteiger charge is 2.25. The maximum atomic E-state index is 11.7. The summed E-state index contributed by atoms with van der Waals surface area (Å²) in [6, 6.07) is 0. The first-order valence-electron chi connectivity index (χ1n) is 6.85. The molecule has 1 aliphatic rings. The van der Waals surface area contributed by atoms with Crippen LogP contribution in [0.4, 0.5) is 0 Å². The lowest BCUT2D eigenvalue weighted by molar-refractivity contribution is -0.123. The number of hydrogen-bond donors (Lipinski definition) is 3. The average Bonchev–Trinajstić information content (AvgIpc) is 2.46. The number of likely N-dealkylation sites (tertiary alicyclic amines) is 1. The number of amides is 2. The second-order valence-corrected chi connectivity index (χ2v) is 5.46. The van der Waals surface area contributed by atoms with Crippen LogP contribution in [0.25, 0.3) is 0 Å². The second-order valence-electron chi connectivity index (χ2n) is 5.46. The molecule has 0 aromatic rings. The predicted molar refractivity (Wildman–Crippen MR) is 72.6 cm³/mol. The second kappa shape index (κ2) is 7.45. The standard InChI is InChI=1S/C13H25N3O3/c1-11(17)14-6-7-15-12(18)10-16-8-3-4-13(2,19)5-9-16/h19H,3-10H2,1-2H3,(H,14,17)(H,15,18). The van der Waals surface area contributed by atoms with E-state index in [9.17, 15) is 14.7 Å². The fourth-order valence-electron chi connectivity index (χ4n) is 2.18. The lowest BCUT2D eigenvalue weighted by Gasteiger charge is -2.22. The summed E-state index contributed by atoms with van der Waals surface area (Å²) < 4.78 is 0. The van der Waals surface area contributed by atoms with Crippen LogP contribution in [0.1, 0.15) is 33.1 Å². The van der Waals surface area contributed by atoms with Gasteiger partial charge < -0.3 is 15.7 Å². The van der Waals surface area contributed by atoms with Crippen LogP contribution in [0.3, 0.4) is 0 Å². The quantitative estimate of drug-likeness (QED) is 0.588. The monoisotopic (exact) mass is 271 g/mol. The lowest BCUT2D eigenvalue weighted by atomic mass is 9.98. The van der Waals surface area contributed by atoms with Crippen molar-refractivity contribution < 1.29 is 14.7 Å². The Morgan fingerprint density at radius 1 is 1.21 bits per heavy atom. The predicted octanol–water partition coefficient (Wildman–Crippen LogP) is -0.524. The third-order valence-electron chi connectivity index (χ3n) is 3.34. The van der Waals surface area contributed by atoms with Crippen molar-refractivity contribution in [3.8, 4) is 0 Å². The van der Waals surface area contributed by atoms with Crippen LogP contribution in [0.5, 0.6) is 0 Å². The Hall–Kier alpha value is -1.14. The third kappa shape index (κ3) is 7.12. The molecule has 0 spiro atoms. The summed E-state index contributed by atoms with van der Waals surface area (Å²) in [4.78, 5) is 24.4. The molecule has 19 heavy (non-hydrogen) atoms. The van der Waals surface area contributed by atoms with Crippen molar-refractivity contribution in [3.05, 3.63) is 0 Å². The first-order valence-corrected chi connectivity index (χ1v) is 6.85. The van der Waals surface area contributed by atoms with Crippen molar-refractivity contribution in [1.29, 1.82) is 0 Å². The van der Waals surface area contributed by atoms with Gasteiger partial charge in [0.25, 0.3) is 0 Å². The molecule has 0 bridgehead atoms. The topological polar surface area (TPSA) is 81.7 Å². The van der Waals surface area contributed by atoms with Crippen molar-refractivity contribution in [2.24, 2.45) is 0 Å². The van der Waals surface area contributed by atoms with Crippen LogP contribution in [-0.4, -0.2) is 60.1 Å². The molecule has 1 heterocycles. The number of carbonyl (C=O) groups excluding carboxylic acids is 2. The maximum absolute atomic E-state index is 11.7. The molecule has 0 radical (unpaired) electrons. The molecule has 1 rings (SSSR count). The van der Waals surface area contributed by atoms with E-state index < -0.39 is 5.60 Å². The van der Waals surface area contributed by atoms with Gasteiger partial charge in [-0.05, 0) is 32.7 Å².